The van der Waals surface area contributed by atoms with E-state index < -0.39 is 24.3 Å². The molecule has 0 heterocycles. The number of allylic oxidation sites excluding steroid dienone is 12. The molecule has 0 aromatic rings. The lowest BCUT2D eigenvalue weighted by Gasteiger charge is -2.25. The molecule has 0 amide bonds. The molecule has 9 nitrogen and oxygen atoms in total. The van der Waals surface area contributed by atoms with Crippen molar-refractivity contribution in [3.05, 3.63) is 72.9 Å². The Hall–Kier alpha value is -3.27. The van der Waals surface area contributed by atoms with Crippen molar-refractivity contribution in [1.29, 1.82) is 0 Å². The molecule has 0 rings (SSSR count). The van der Waals surface area contributed by atoms with Crippen molar-refractivity contribution in [3.63, 3.8) is 0 Å². The third kappa shape index (κ3) is 40.7. The van der Waals surface area contributed by atoms with Crippen molar-refractivity contribution < 1.29 is 42.9 Å². The molecule has 57 heavy (non-hydrogen) atoms. The summed E-state index contributed by atoms with van der Waals surface area (Å²) in [5.74, 6) is -2.09. The molecule has 9 heteroatoms. The van der Waals surface area contributed by atoms with Gasteiger partial charge in [-0.1, -0.05) is 132 Å². The lowest BCUT2D eigenvalue weighted by atomic mass is 10.1. The molecule has 0 saturated carbocycles. The highest BCUT2D eigenvalue weighted by atomic mass is 16.7. The molecule has 0 aromatic carbocycles. The van der Waals surface area contributed by atoms with Gasteiger partial charge in [0.05, 0.1) is 34.4 Å². The first kappa shape index (κ1) is 53.7. The summed E-state index contributed by atoms with van der Waals surface area (Å²) >= 11 is 0. The van der Waals surface area contributed by atoms with E-state index >= 15 is 0 Å². The Morgan fingerprint density at radius 3 is 1.53 bits per heavy atom. The second-order valence-corrected chi connectivity index (χ2v) is 15.6. The summed E-state index contributed by atoms with van der Waals surface area (Å²) < 4.78 is 22.6. The van der Waals surface area contributed by atoms with Crippen LogP contribution in [0.3, 0.4) is 0 Å². The molecule has 0 aliphatic rings. The number of rotatable bonds is 39. The zero-order valence-corrected chi connectivity index (χ0v) is 36.7. The zero-order chi connectivity index (χ0) is 42.1. The Balaban J connectivity index is 4.54. The standard InChI is InChI=1S/C48H81NO8/c1-6-8-10-12-14-16-18-20-22-23-25-26-28-30-32-34-36-38-45(50)55-42-44(43-56-48(47(52)53)54-41-40-49(3,4)5)57-46(51)39-37-35-33-31-29-27-24-21-19-17-15-13-11-9-7-2/h9,11,14-17,20-22,24,29,31,44,48H,6-8,10,12-13,18-19,23,25-28,30,32-43H2,1-5H3/p+1/b11-9-,16-14-,17-15-,22-20-,24-21-,31-29-. The van der Waals surface area contributed by atoms with Crippen molar-refractivity contribution in [2.45, 2.75) is 167 Å². The lowest BCUT2D eigenvalue weighted by molar-refractivity contribution is -0.870. The van der Waals surface area contributed by atoms with Crippen LogP contribution >= 0.6 is 0 Å². The Morgan fingerprint density at radius 2 is 1.00 bits per heavy atom. The van der Waals surface area contributed by atoms with Gasteiger partial charge in [0.1, 0.15) is 13.2 Å². The SMILES string of the molecule is CC/C=C\C/C=C\C/C=C\C/C=C\CCCCC(=O)OC(COC(=O)CCCCCCCCC/C=C\C/C=C\CCCCC)COC(OCC[N+](C)(C)C)C(=O)O. The quantitative estimate of drug-likeness (QED) is 0.0215. The van der Waals surface area contributed by atoms with E-state index in [2.05, 4.69) is 86.8 Å². The van der Waals surface area contributed by atoms with Gasteiger partial charge in [0.25, 0.3) is 6.29 Å². The second-order valence-electron chi connectivity index (χ2n) is 15.6. The normalized spacial score (nSPS) is 13.6. The van der Waals surface area contributed by atoms with Gasteiger partial charge in [-0.05, 0) is 83.5 Å². The maximum Gasteiger partial charge on any atom is 0.361 e. The number of nitrogens with zero attached hydrogens (tertiary/aromatic N) is 1. The minimum atomic E-state index is -1.52. The maximum atomic E-state index is 12.7. The van der Waals surface area contributed by atoms with Crippen molar-refractivity contribution >= 4 is 17.9 Å². The Kier molecular flexibility index (Phi) is 37.3. The minimum Gasteiger partial charge on any atom is -0.477 e. The fourth-order valence-corrected chi connectivity index (χ4v) is 5.50. The second kappa shape index (κ2) is 39.6. The maximum absolute atomic E-state index is 12.7. The molecule has 0 fully saturated rings. The van der Waals surface area contributed by atoms with Crippen LogP contribution in [0.5, 0.6) is 0 Å². The summed E-state index contributed by atoms with van der Waals surface area (Å²) in [6.07, 6.45) is 45.3. The molecule has 0 spiro atoms. The number of quaternary nitrogens is 1. The van der Waals surface area contributed by atoms with Crippen molar-refractivity contribution in [2.75, 3.05) is 47.5 Å². The van der Waals surface area contributed by atoms with Crippen LogP contribution in [-0.2, 0) is 33.3 Å². The average molecular weight is 801 g/mol. The van der Waals surface area contributed by atoms with Gasteiger partial charge >= 0.3 is 17.9 Å². The zero-order valence-electron chi connectivity index (χ0n) is 36.7. The van der Waals surface area contributed by atoms with Gasteiger partial charge < -0.3 is 28.5 Å². The first-order chi connectivity index (χ1) is 27.6. The van der Waals surface area contributed by atoms with Crippen LogP contribution in [0.4, 0.5) is 0 Å². The lowest BCUT2D eigenvalue weighted by Crippen LogP contribution is -2.40. The number of hydrogen-bond acceptors (Lipinski definition) is 7. The number of esters is 2. The highest BCUT2D eigenvalue weighted by molar-refractivity contribution is 5.71. The molecule has 0 radical (unpaired) electrons. The van der Waals surface area contributed by atoms with E-state index in [1.54, 1.807) is 0 Å². The average Bonchev–Trinajstić information content (AvgIpc) is 3.17. The number of carboxylic acid groups (broad SMARTS) is 1. The molecule has 0 aromatic heterocycles. The minimum absolute atomic E-state index is 0.174. The van der Waals surface area contributed by atoms with Crippen molar-refractivity contribution in [3.8, 4) is 0 Å². The van der Waals surface area contributed by atoms with E-state index in [0.717, 1.165) is 77.0 Å². The summed E-state index contributed by atoms with van der Waals surface area (Å²) in [4.78, 5) is 37.1. The number of aliphatic carboxylic acids is 1. The Labute approximate surface area is 347 Å². The van der Waals surface area contributed by atoms with Gasteiger partial charge in [-0.3, -0.25) is 9.59 Å². The number of likely N-dealkylation sites (N-methyl/N-ethyl adjacent to an activating group) is 1. The third-order valence-electron chi connectivity index (χ3n) is 8.95. The molecular weight excluding hydrogens is 719 g/mol. The largest absolute Gasteiger partial charge is 0.477 e. The molecule has 1 N–H and O–H groups in total. The van der Waals surface area contributed by atoms with Gasteiger partial charge in [0, 0.05) is 12.8 Å². The molecule has 326 valence electrons. The molecule has 2 unspecified atom stereocenters. The molecule has 0 bridgehead atoms. The van der Waals surface area contributed by atoms with Crippen molar-refractivity contribution in [2.24, 2.45) is 0 Å². The third-order valence-corrected chi connectivity index (χ3v) is 8.95. The number of carbonyl (C=O) groups excluding carboxylic acids is 2. The summed E-state index contributed by atoms with van der Waals surface area (Å²) in [5, 5.41) is 9.63. The number of ether oxygens (including phenoxy) is 4. The fraction of sp³-hybridized carbons (Fsp3) is 0.688. The predicted molar refractivity (Wildman–Crippen MR) is 235 cm³/mol. The Morgan fingerprint density at radius 1 is 0.544 bits per heavy atom. The first-order valence-corrected chi connectivity index (χ1v) is 22.1. The Bertz CT molecular complexity index is 1160. The van der Waals surface area contributed by atoms with E-state index in [-0.39, 0.29) is 38.6 Å². The smallest absolute Gasteiger partial charge is 0.361 e. The van der Waals surface area contributed by atoms with E-state index in [4.69, 9.17) is 18.9 Å². The van der Waals surface area contributed by atoms with Crippen LogP contribution in [0, 0.1) is 0 Å². The highest BCUT2D eigenvalue weighted by Crippen LogP contribution is 2.12. The first-order valence-electron chi connectivity index (χ1n) is 22.1. The van der Waals surface area contributed by atoms with E-state index in [1.807, 2.05) is 21.1 Å². The summed E-state index contributed by atoms with van der Waals surface area (Å²) in [6, 6.07) is 0. The van der Waals surface area contributed by atoms with Crippen LogP contribution in [0.1, 0.15) is 155 Å². The van der Waals surface area contributed by atoms with Gasteiger partial charge in [0.15, 0.2) is 6.10 Å². The monoisotopic (exact) mass is 801 g/mol. The van der Waals surface area contributed by atoms with Crippen LogP contribution in [-0.4, -0.2) is 87.4 Å². The number of hydrogen-bond donors (Lipinski definition) is 1. The van der Waals surface area contributed by atoms with E-state index in [9.17, 15) is 19.5 Å². The topological polar surface area (TPSA) is 108 Å². The number of carbonyl (C=O) groups is 3. The van der Waals surface area contributed by atoms with E-state index in [1.165, 1.54) is 44.9 Å². The van der Waals surface area contributed by atoms with Gasteiger partial charge in [0.2, 0.25) is 0 Å². The van der Waals surface area contributed by atoms with Crippen LogP contribution in [0.25, 0.3) is 0 Å². The molecule has 0 saturated heterocycles. The van der Waals surface area contributed by atoms with Crippen LogP contribution in [0.15, 0.2) is 72.9 Å². The fourth-order valence-electron chi connectivity index (χ4n) is 5.50. The van der Waals surface area contributed by atoms with Crippen LogP contribution < -0.4 is 0 Å². The van der Waals surface area contributed by atoms with Gasteiger partial charge in [-0.15, -0.1) is 0 Å². The van der Waals surface area contributed by atoms with Crippen LogP contribution in [0.2, 0.25) is 0 Å². The molecular formula is C48H82NO8+. The van der Waals surface area contributed by atoms with E-state index in [0.29, 0.717) is 17.4 Å². The number of unbranched alkanes of at least 4 members (excludes halogenated alkanes) is 12. The van der Waals surface area contributed by atoms with Crippen molar-refractivity contribution in [1.82, 2.24) is 0 Å². The van der Waals surface area contributed by atoms with Gasteiger partial charge in [-0.2, -0.15) is 0 Å². The van der Waals surface area contributed by atoms with Gasteiger partial charge in [-0.25, -0.2) is 4.79 Å². The molecule has 0 aliphatic heterocycles. The highest BCUT2D eigenvalue weighted by Gasteiger charge is 2.25. The molecule has 2 atom stereocenters. The molecule has 0 aliphatic carbocycles. The predicted octanol–water partition coefficient (Wildman–Crippen LogP) is 11.6. The summed E-state index contributed by atoms with van der Waals surface area (Å²) in [7, 11) is 5.93. The summed E-state index contributed by atoms with van der Waals surface area (Å²) in [5.41, 5.74) is 0. The summed E-state index contributed by atoms with van der Waals surface area (Å²) in [6.45, 7) is 4.65. The number of carboxylic acids is 1.